The highest BCUT2D eigenvalue weighted by Crippen LogP contribution is 2.37. The topological polar surface area (TPSA) is 52.0 Å². The number of allylic oxidation sites excluding steroid dienone is 1. The zero-order valence-corrected chi connectivity index (χ0v) is 18.9. The minimum atomic E-state index is -0.181. The van der Waals surface area contributed by atoms with Crippen molar-refractivity contribution >= 4 is 39.2 Å². The number of anilines is 1. The maximum absolute atomic E-state index is 6.05. The van der Waals surface area contributed by atoms with Crippen molar-refractivity contribution in [2.45, 2.75) is 6.04 Å². The number of hydrogen-bond acceptors (Lipinski definition) is 4. The van der Waals surface area contributed by atoms with Gasteiger partial charge in [-0.2, -0.15) is 4.98 Å². The van der Waals surface area contributed by atoms with Crippen molar-refractivity contribution < 1.29 is 4.74 Å². The fraction of sp³-hybridized carbons (Fsp3) is 0.0833. The molecule has 0 bridgehead atoms. The molecule has 0 saturated carbocycles. The molecule has 0 saturated heterocycles. The van der Waals surface area contributed by atoms with Gasteiger partial charge in [0.15, 0.2) is 5.82 Å². The van der Waals surface area contributed by atoms with Gasteiger partial charge in [0.05, 0.1) is 7.11 Å². The first-order valence-electron chi connectivity index (χ1n) is 9.72. The zero-order chi connectivity index (χ0) is 21.4. The van der Waals surface area contributed by atoms with Crippen LogP contribution in [0.4, 0.5) is 5.95 Å². The predicted octanol–water partition coefficient (Wildman–Crippen LogP) is 6.43. The Morgan fingerprint density at radius 2 is 1.68 bits per heavy atom. The van der Waals surface area contributed by atoms with Gasteiger partial charge in [-0.05, 0) is 54.1 Å². The Kier molecular flexibility index (Phi) is 5.26. The number of rotatable bonds is 4. The summed E-state index contributed by atoms with van der Waals surface area (Å²) >= 11 is 9.56. The molecule has 1 N–H and O–H groups in total. The van der Waals surface area contributed by atoms with Crippen molar-refractivity contribution in [2.24, 2.45) is 0 Å². The minimum Gasteiger partial charge on any atom is -0.496 e. The van der Waals surface area contributed by atoms with Crippen LogP contribution in [0, 0.1) is 0 Å². The largest absolute Gasteiger partial charge is 0.496 e. The molecular weight excluding hydrogens is 476 g/mol. The standard InChI is InChI=1S/C24H18BrClN4O/c1-31-22-5-3-2-4-19(22)21-14-20(15-6-10-17(25)11-7-15)27-24-28-23(29-30(21)24)16-8-12-18(26)13-9-16/h2-14,21H,1H3,(H,27,28,29). The molecule has 154 valence electrons. The third-order valence-corrected chi connectivity index (χ3v) is 5.96. The van der Waals surface area contributed by atoms with Crippen molar-refractivity contribution in [1.82, 2.24) is 14.8 Å². The van der Waals surface area contributed by atoms with Gasteiger partial charge in [-0.1, -0.05) is 57.9 Å². The SMILES string of the molecule is COc1ccccc1C1C=C(c2ccc(Br)cc2)Nc2nc(-c3ccc(Cl)cc3)nn21. The monoisotopic (exact) mass is 492 g/mol. The van der Waals surface area contributed by atoms with Gasteiger partial charge < -0.3 is 10.1 Å². The van der Waals surface area contributed by atoms with Crippen molar-refractivity contribution in [3.8, 4) is 17.1 Å². The van der Waals surface area contributed by atoms with E-state index in [1.807, 2.05) is 59.3 Å². The van der Waals surface area contributed by atoms with E-state index in [0.717, 1.165) is 32.6 Å². The Morgan fingerprint density at radius 3 is 2.42 bits per heavy atom. The molecule has 4 aromatic rings. The van der Waals surface area contributed by atoms with Crippen LogP contribution in [0.2, 0.25) is 5.02 Å². The average Bonchev–Trinajstić information content (AvgIpc) is 3.23. The predicted molar refractivity (Wildman–Crippen MR) is 127 cm³/mol. The molecule has 1 unspecified atom stereocenters. The zero-order valence-electron chi connectivity index (χ0n) is 16.6. The normalized spacial score (nSPS) is 15.1. The van der Waals surface area contributed by atoms with Gasteiger partial charge in [-0.3, -0.25) is 0 Å². The summed E-state index contributed by atoms with van der Waals surface area (Å²) in [6.07, 6.45) is 2.15. The summed E-state index contributed by atoms with van der Waals surface area (Å²) in [5, 5.41) is 8.94. The molecule has 2 heterocycles. The molecule has 5 rings (SSSR count). The maximum Gasteiger partial charge on any atom is 0.227 e. The summed E-state index contributed by atoms with van der Waals surface area (Å²) in [5.74, 6) is 2.10. The van der Waals surface area contributed by atoms with Crippen LogP contribution in [-0.4, -0.2) is 21.9 Å². The summed E-state index contributed by atoms with van der Waals surface area (Å²) in [6, 6.07) is 23.5. The van der Waals surface area contributed by atoms with Gasteiger partial charge in [0, 0.05) is 26.3 Å². The lowest BCUT2D eigenvalue weighted by Crippen LogP contribution is -2.20. The quantitative estimate of drug-likeness (QED) is 0.356. The Morgan fingerprint density at radius 1 is 0.968 bits per heavy atom. The van der Waals surface area contributed by atoms with E-state index in [1.165, 1.54) is 0 Å². The fourth-order valence-electron chi connectivity index (χ4n) is 3.64. The average molecular weight is 494 g/mol. The molecule has 7 heteroatoms. The summed E-state index contributed by atoms with van der Waals surface area (Å²) in [5.41, 5.74) is 3.93. The van der Waals surface area contributed by atoms with E-state index in [1.54, 1.807) is 7.11 Å². The van der Waals surface area contributed by atoms with E-state index >= 15 is 0 Å². The molecule has 31 heavy (non-hydrogen) atoms. The molecular formula is C24H18BrClN4O. The molecule has 0 amide bonds. The summed E-state index contributed by atoms with van der Waals surface area (Å²) in [6.45, 7) is 0. The molecule has 1 aromatic heterocycles. The Balaban J connectivity index is 1.64. The molecule has 1 atom stereocenters. The highest BCUT2D eigenvalue weighted by atomic mass is 79.9. The van der Waals surface area contributed by atoms with Crippen LogP contribution in [0.5, 0.6) is 5.75 Å². The first kappa shape index (κ1) is 19.8. The van der Waals surface area contributed by atoms with Gasteiger partial charge in [0.1, 0.15) is 11.8 Å². The number of aromatic nitrogens is 3. The summed E-state index contributed by atoms with van der Waals surface area (Å²) in [4.78, 5) is 4.78. The van der Waals surface area contributed by atoms with Crippen molar-refractivity contribution in [1.29, 1.82) is 0 Å². The van der Waals surface area contributed by atoms with Gasteiger partial charge in [-0.15, -0.1) is 5.10 Å². The number of para-hydroxylation sites is 1. The van der Waals surface area contributed by atoms with Crippen LogP contribution >= 0.6 is 27.5 Å². The Labute approximate surface area is 193 Å². The lowest BCUT2D eigenvalue weighted by molar-refractivity contribution is 0.404. The molecule has 1 aliphatic rings. The Bertz CT molecular complexity index is 1270. The first-order chi connectivity index (χ1) is 15.1. The van der Waals surface area contributed by atoms with Crippen LogP contribution in [0.3, 0.4) is 0 Å². The molecule has 5 nitrogen and oxygen atoms in total. The third-order valence-electron chi connectivity index (χ3n) is 5.18. The number of methoxy groups -OCH3 is 1. The van der Waals surface area contributed by atoms with E-state index in [0.29, 0.717) is 16.8 Å². The molecule has 0 radical (unpaired) electrons. The van der Waals surface area contributed by atoms with Crippen LogP contribution in [0.1, 0.15) is 17.2 Å². The van der Waals surface area contributed by atoms with Crippen LogP contribution in [-0.2, 0) is 0 Å². The van der Waals surface area contributed by atoms with Crippen LogP contribution < -0.4 is 10.1 Å². The van der Waals surface area contributed by atoms with Crippen LogP contribution in [0.25, 0.3) is 17.1 Å². The summed E-state index contributed by atoms with van der Waals surface area (Å²) in [7, 11) is 1.68. The minimum absolute atomic E-state index is 0.181. The smallest absolute Gasteiger partial charge is 0.227 e. The van der Waals surface area contributed by atoms with Gasteiger partial charge in [0.25, 0.3) is 0 Å². The van der Waals surface area contributed by atoms with E-state index < -0.39 is 0 Å². The highest BCUT2D eigenvalue weighted by molar-refractivity contribution is 9.10. The number of hydrogen-bond donors (Lipinski definition) is 1. The van der Waals surface area contributed by atoms with E-state index in [4.69, 9.17) is 26.4 Å². The van der Waals surface area contributed by atoms with Crippen molar-refractivity contribution in [2.75, 3.05) is 12.4 Å². The van der Waals surface area contributed by atoms with Gasteiger partial charge in [0.2, 0.25) is 5.95 Å². The molecule has 1 aliphatic heterocycles. The number of nitrogens with one attached hydrogen (secondary N) is 1. The van der Waals surface area contributed by atoms with E-state index in [9.17, 15) is 0 Å². The molecule has 3 aromatic carbocycles. The second kappa shape index (κ2) is 8.21. The Hall–Kier alpha value is -3.09. The number of nitrogens with zero attached hydrogens (tertiary/aromatic N) is 3. The number of ether oxygens (including phenoxy) is 1. The molecule has 0 spiro atoms. The van der Waals surface area contributed by atoms with E-state index in [2.05, 4.69) is 45.5 Å². The number of fused-ring (bicyclic) bond motifs is 1. The van der Waals surface area contributed by atoms with Crippen molar-refractivity contribution in [3.05, 3.63) is 99.5 Å². The fourth-order valence-corrected chi connectivity index (χ4v) is 4.03. The second-order valence-electron chi connectivity index (χ2n) is 7.11. The first-order valence-corrected chi connectivity index (χ1v) is 10.9. The van der Waals surface area contributed by atoms with Crippen molar-refractivity contribution in [3.63, 3.8) is 0 Å². The number of benzene rings is 3. The molecule has 0 fully saturated rings. The van der Waals surface area contributed by atoms with Gasteiger partial charge in [-0.25, -0.2) is 4.68 Å². The maximum atomic E-state index is 6.05. The van der Waals surface area contributed by atoms with Gasteiger partial charge >= 0.3 is 0 Å². The highest BCUT2D eigenvalue weighted by Gasteiger charge is 2.27. The van der Waals surface area contributed by atoms with E-state index in [-0.39, 0.29) is 6.04 Å². The summed E-state index contributed by atoms with van der Waals surface area (Å²) < 4.78 is 8.57. The lowest BCUT2D eigenvalue weighted by atomic mass is 10.0. The number of halogens is 2. The second-order valence-corrected chi connectivity index (χ2v) is 8.46. The lowest BCUT2D eigenvalue weighted by Gasteiger charge is -2.25. The molecule has 0 aliphatic carbocycles. The third kappa shape index (κ3) is 3.84. The van der Waals surface area contributed by atoms with Crippen LogP contribution in [0.15, 0.2) is 83.3 Å².